The van der Waals surface area contributed by atoms with Gasteiger partial charge in [0.25, 0.3) is 0 Å². The number of nitrogens with zero attached hydrogens (tertiary/aromatic N) is 1. The lowest BCUT2D eigenvalue weighted by Gasteiger charge is -2.11. The van der Waals surface area contributed by atoms with Crippen molar-refractivity contribution in [3.63, 3.8) is 0 Å². The molecule has 0 amide bonds. The molecule has 0 fully saturated rings. The number of nitrogens with one attached hydrogen (secondary N) is 1. The van der Waals surface area contributed by atoms with Crippen LogP contribution in [-0.4, -0.2) is 11.3 Å². The summed E-state index contributed by atoms with van der Waals surface area (Å²) in [5.41, 5.74) is 2.40. The van der Waals surface area contributed by atoms with E-state index in [0.29, 0.717) is 12.2 Å². The van der Waals surface area contributed by atoms with Gasteiger partial charge in [-0.25, -0.2) is 0 Å². The zero-order chi connectivity index (χ0) is 14.6. The molecule has 0 aliphatic rings. The summed E-state index contributed by atoms with van der Waals surface area (Å²) in [4.78, 5) is 4.20. The van der Waals surface area contributed by atoms with Crippen LogP contribution in [0.5, 0.6) is 5.75 Å². The number of rotatable bonds is 4. The predicted molar refractivity (Wildman–Crippen MR) is 69.4 cm³/mol. The van der Waals surface area contributed by atoms with E-state index in [4.69, 9.17) is 0 Å². The Bertz CT molecular complexity index is 585. The molecule has 1 heterocycles. The molecule has 0 spiro atoms. The normalized spacial score (nSPS) is 11.2. The van der Waals surface area contributed by atoms with E-state index in [9.17, 15) is 13.2 Å². The number of ether oxygens (including phenoxy) is 1. The third-order valence-corrected chi connectivity index (χ3v) is 2.65. The Morgan fingerprint density at radius 1 is 1.20 bits per heavy atom. The quantitative estimate of drug-likeness (QED) is 0.923. The third kappa shape index (κ3) is 4.15. The van der Waals surface area contributed by atoms with E-state index in [0.717, 1.165) is 11.3 Å². The van der Waals surface area contributed by atoms with E-state index in [-0.39, 0.29) is 5.75 Å². The fourth-order valence-corrected chi connectivity index (χ4v) is 1.69. The zero-order valence-electron chi connectivity index (χ0n) is 10.7. The predicted octanol–water partition coefficient (Wildman–Crippen LogP) is 3.90. The van der Waals surface area contributed by atoms with Crippen molar-refractivity contribution in [2.75, 3.05) is 5.32 Å². The molecule has 0 bridgehead atoms. The van der Waals surface area contributed by atoms with Gasteiger partial charge in [-0.1, -0.05) is 12.1 Å². The zero-order valence-corrected chi connectivity index (χ0v) is 10.7. The van der Waals surface area contributed by atoms with Crippen LogP contribution in [0.1, 0.15) is 11.3 Å². The van der Waals surface area contributed by atoms with Crippen LogP contribution in [0.2, 0.25) is 0 Å². The van der Waals surface area contributed by atoms with Crippen LogP contribution < -0.4 is 10.1 Å². The number of aryl methyl sites for hydroxylation is 1. The summed E-state index contributed by atoms with van der Waals surface area (Å²) < 4.78 is 40.2. The summed E-state index contributed by atoms with van der Waals surface area (Å²) in [7, 11) is 0. The number of pyridine rings is 1. The fourth-order valence-electron chi connectivity index (χ4n) is 1.69. The summed E-state index contributed by atoms with van der Waals surface area (Å²) >= 11 is 0. The Morgan fingerprint density at radius 2 is 2.00 bits per heavy atom. The number of alkyl halides is 3. The van der Waals surface area contributed by atoms with Gasteiger partial charge in [0.1, 0.15) is 5.75 Å². The average molecular weight is 282 g/mol. The van der Waals surface area contributed by atoms with Crippen molar-refractivity contribution in [2.24, 2.45) is 0 Å². The van der Waals surface area contributed by atoms with E-state index in [2.05, 4.69) is 15.0 Å². The van der Waals surface area contributed by atoms with E-state index in [1.165, 1.54) is 18.2 Å². The molecule has 1 aromatic carbocycles. The molecular formula is C14H13F3N2O. The van der Waals surface area contributed by atoms with Gasteiger partial charge in [-0.05, 0) is 30.7 Å². The first-order valence-electron chi connectivity index (χ1n) is 5.94. The number of halogens is 3. The molecule has 0 saturated carbocycles. The van der Waals surface area contributed by atoms with Gasteiger partial charge in [-0.2, -0.15) is 0 Å². The van der Waals surface area contributed by atoms with Gasteiger partial charge in [0.2, 0.25) is 0 Å². The Hall–Kier alpha value is -2.24. The molecule has 20 heavy (non-hydrogen) atoms. The highest BCUT2D eigenvalue weighted by Gasteiger charge is 2.31. The highest BCUT2D eigenvalue weighted by molar-refractivity contribution is 5.48. The summed E-state index contributed by atoms with van der Waals surface area (Å²) in [5.74, 6) is -0.250. The van der Waals surface area contributed by atoms with Crippen LogP contribution in [0, 0.1) is 6.92 Å². The van der Waals surface area contributed by atoms with Crippen molar-refractivity contribution in [2.45, 2.75) is 19.8 Å². The molecule has 1 aromatic heterocycles. The minimum Gasteiger partial charge on any atom is -0.406 e. The van der Waals surface area contributed by atoms with Crippen LogP contribution in [0.4, 0.5) is 18.9 Å². The van der Waals surface area contributed by atoms with E-state index >= 15 is 0 Å². The number of aromatic nitrogens is 1. The van der Waals surface area contributed by atoms with Crippen molar-refractivity contribution in [1.82, 2.24) is 4.98 Å². The monoisotopic (exact) mass is 282 g/mol. The summed E-state index contributed by atoms with van der Waals surface area (Å²) in [6, 6.07) is 9.47. The first kappa shape index (κ1) is 14.2. The lowest BCUT2D eigenvalue weighted by Crippen LogP contribution is -2.17. The third-order valence-electron chi connectivity index (χ3n) is 2.65. The van der Waals surface area contributed by atoms with Crippen LogP contribution in [0.3, 0.4) is 0 Å². The maximum atomic E-state index is 12.1. The molecule has 6 heteroatoms. The van der Waals surface area contributed by atoms with Gasteiger partial charge in [-0.3, -0.25) is 4.98 Å². The SMILES string of the molecule is Cc1cccnc1CNc1cccc(OC(F)(F)F)c1. The number of hydrogen-bond acceptors (Lipinski definition) is 3. The topological polar surface area (TPSA) is 34.2 Å². The second-order valence-corrected chi connectivity index (χ2v) is 4.20. The number of anilines is 1. The Labute approximate surface area is 114 Å². The second kappa shape index (κ2) is 5.81. The lowest BCUT2D eigenvalue weighted by atomic mass is 10.2. The molecule has 0 atom stereocenters. The van der Waals surface area contributed by atoms with Crippen LogP contribution >= 0.6 is 0 Å². The van der Waals surface area contributed by atoms with Crippen molar-refractivity contribution in [1.29, 1.82) is 0 Å². The molecule has 1 N–H and O–H groups in total. The lowest BCUT2D eigenvalue weighted by molar-refractivity contribution is -0.274. The van der Waals surface area contributed by atoms with Crippen LogP contribution in [0.25, 0.3) is 0 Å². The Kier molecular flexibility index (Phi) is 4.12. The number of benzene rings is 1. The number of hydrogen-bond donors (Lipinski definition) is 1. The van der Waals surface area contributed by atoms with Gasteiger partial charge in [0.05, 0.1) is 12.2 Å². The molecular weight excluding hydrogens is 269 g/mol. The van der Waals surface area contributed by atoms with Gasteiger partial charge in [0.15, 0.2) is 0 Å². The van der Waals surface area contributed by atoms with Crippen LogP contribution in [-0.2, 0) is 6.54 Å². The summed E-state index contributed by atoms with van der Waals surface area (Å²) in [6.45, 7) is 2.36. The first-order valence-corrected chi connectivity index (χ1v) is 5.94. The highest BCUT2D eigenvalue weighted by Crippen LogP contribution is 2.25. The van der Waals surface area contributed by atoms with Crippen LogP contribution in [0.15, 0.2) is 42.6 Å². The van der Waals surface area contributed by atoms with Gasteiger partial charge >= 0.3 is 6.36 Å². The molecule has 0 aliphatic carbocycles. The van der Waals surface area contributed by atoms with Crippen molar-refractivity contribution >= 4 is 5.69 Å². The van der Waals surface area contributed by atoms with E-state index < -0.39 is 6.36 Å². The molecule has 0 radical (unpaired) electrons. The summed E-state index contributed by atoms with van der Waals surface area (Å²) in [5, 5.41) is 3.02. The first-order chi connectivity index (χ1) is 9.44. The highest BCUT2D eigenvalue weighted by atomic mass is 19.4. The van der Waals surface area contributed by atoms with Crippen molar-refractivity contribution in [3.8, 4) is 5.75 Å². The molecule has 0 unspecified atom stereocenters. The maximum Gasteiger partial charge on any atom is 0.573 e. The minimum atomic E-state index is -4.68. The molecule has 0 saturated heterocycles. The standard InChI is InChI=1S/C14H13F3N2O/c1-10-4-3-7-18-13(10)9-19-11-5-2-6-12(8-11)20-14(15,16)17/h2-8,19H,9H2,1H3. The largest absolute Gasteiger partial charge is 0.573 e. The van der Waals surface area contributed by atoms with Gasteiger partial charge in [-0.15, -0.1) is 13.2 Å². The molecule has 2 rings (SSSR count). The molecule has 0 aliphatic heterocycles. The van der Waals surface area contributed by atoms with Crippen molar-refractivity contribution < 1.29 is 17.9 Å². The molecule has 2 aromatic rings. The minimum absolute atomic E-state index is 0.250. The smallest absolute Gasteiger partial charge is 0.406 e. The maximum absolute atomic E-state index is 12.1. The second-order valence-electron chi connectivity index (χ2n) is 4.20. The fraction of sp³-hybridized carbons (Fsp3) is 0.214. The molecule has 106 valence electrons. The van der Waals surface area contributed by atoms with Crippen molar-refractivity contribution in [3.05, 3.63) is 53.9 Å². The molecule has 3 nitrogen and oxygen atoms in total. The summed E-state index contributed by atoms with van der Waals surface area (Å²) in [6.07, 6.45) is -3.01. The Balaban J connectivity index is 2.03. The van der Waals surface area contributed by atoms with E-state index in [1.807, 2.05) is 19.1 Å². The average Bonchev–Trinajstić information content (AvgIpc) is 2.36. The van der Waals surface area contributed by atoms with Gasteiger partial charge in [0, 0.05) is 18.0 Å². The van der Waals surface area contributed by atoms with E-state index in [1.54, 1.807) is 12.3 Å². The van der Waals surface area contributed by atoms with Gasteiger partial charge < -0.3 is 10.1 Å². The Morgan fingerprint density at radius 3 is 2.70 bits per heavy atom.